The van der Waals surface area contributed by atoms with Gasteiger partial charge in [0, 0.05) is 25.0 Å². The fourth-order valence-electron chi connectivity index (χ4n) is 4.92. The van der Waals surface area contributed by atoms with Gasteiger partial charge in [0.15, 0.2) is 0 Å². The molecule has 2 aromatic rings. The van der Waals surface area contributed by atoms with Crippen LogP contribution in [0.4, 0.5) is 17.2 Å². The van der Waals surface area contributed by atoms with Crippen LogP contribution in [0.3, 0.4) is 0 Å². The van der Waals surface area contributed by atoms with Gasteiger partial charge in [-0.25, -0.2) is 4.98 Å². The molecule has 0 bridgehead atoms. The zero-order valence-corrected chi connectivity index (χ0v) is 18.9. The second kappa shape index (κ2) is 10.5. The van der Waals surface area contributed by atoms with Crippen molar-refractivity contribution in [2.75, 3.05) is 62.7 Å². The highest BCUT2D eigenvalue weighted by Gasteiger charge is 2.23. The maximum absolute atomic E-state index is 6.18. The minimum Gasteiger partial charge on any atom is -0.487 e. The van der Waals surface area contributed by atoms with Gasteiger partial charge in [0.25, 0.3) is 0 Å². The van der Waals surface area contributed by atoms with Crippen molar-refractivity contribution in [3.8, 4) is 5.75 Å². The first-order chi connectivity index (χ1) is 15.9. The Morgan fingerprint density at radius 2 is 1.72 bits per heavy atom. The van der Waals surface area contributed by atoms with Gasteiger partial charge in [0.2, 0.25) is 0 Å². The fraction of sp³-hybridized carbons (Fsp3) is 0.560. The molecule has 7 nitrogen and oxygen atoms in total. The number of ether oxygens (including phenoxy) is 2. The molecule has 3 fully saturated rings. The molecule has 4 aliphatic heterocycles. The molecule has 6 rings (SSSR count). The summed E-state index contributed by atoms with van der Waals surface area (Å²) in [7, 11) is 0. The van der Waals surface area contributed by atoms with Crippen molar-refractivity contribution >= 4 is 17.2 Å². The van der Waals surface area contributed by atoms with Crippen molar-refractivity contribution in [1.29, 1.82) is 0 Å². The minimum atomic E-state index is 0.530. The standard InChI is InChI=1S/C21H26N4O2.C4H9N/c1-2-20-18(13-16(1)15-3-6-22-7-4-15)24-21-17(14-27-20)19(5-8-23-21)25-9-11-26-12-10-25;1-2-4-5-3-1/h1-2,5,8,13,15,22H,3-4,6-7,9-12,14H2,(H,23,24);5H,1-4H2. The second-order valence-electron chi connectivity index (χ2n) is 8.91. The molecule has 3 N–H and O–H groups in total. The molecular weight excluding hydrogens is 402 g/mol. The number of benzene rings is 1. The lowest BCUT2D eigenvalue weighted by Gasteiger charge is -2.30. The molecule has 0 aliphatic carbocycles. The first-order valence-corrected chi connectivity index (χ1v) is 12.1. The van der Waals surface area contributed by atoms with Gasteiger partial charge < -0.3 is 30.3 Å². The Hall–Kier alpha value is -2.35. The topological polar surface area (TPSA) is 70.7 Å². The Bertz CT molecular complexity index is 882. The fourth-order valence-corrected chi connectivity index (χ4v) is 4.92. The molecule has 0 unspecified atom stereocenters. The molecule has 0 spiro atoms. The van der Waals surface area contributed by atoms with Crippen molar-refractivity contribution in [3.05, 3.63) is 41.6 Å². The molecule has 172 valence electrons. The minimum absolute atomic E-state index is 0.530. The van der Waals surface area contributed by atoms with E-state index in [0.29, 0.717) is 12.5 Å². The third-order valence-electron chi connectivity index (χ3n) is 6.78. The molecule has 0 radical (unpaired) electrons. The van der Waals surface area contributed by atoms with Crippen LogP contribution in [0, 0.1) is 0 Å². The lowest BCUT2D eigenvalue weighted by atomic mass is 9.90. The molecule has 7 heteroatoms. The van der Waals surface area contributed by atoms with Crippen LogP contribution in [0.5, 0.6) is 5.75 Å². The van der Waals surface area contributed by atoms with Gasteiger partial charge in [0.05, 0.1) is 24.5 Å². The summed E-state index contributed by atoms with van der Waals surface area (Å²) in [4.78, 5) is 6.98. The van der Waals surface area contributed by atoms with E-state index in [0.717, 1.165) is 62.2 Å². The number of nitrogens with one attached hydrogen (secondary N) is 3. The third-order valence-corrected chi connectivity index (χ3v) is 6.78. The number of morpholine rings is 1. The number of hydrogen-bond donors (Lipinski definition) is 3. The summed E-state index contributed by atoms with van der Waals surface area (Å²) in [5, 5.41) is 10.2. The van der Waals surface area contributed by atoms with E-state index < -0.39 is 0 Å². The Balaban J connectivity index is 0.000000383. The normalized spacial score (nSPS) is 20.7. The lowest BCUT2D eigenvalue weighted by Crippen LogP contribution is -2.37. The predicted octanol–water partition coefficient (Wildman–Crippen LogP) is 3.39. The zero-order chi connectivity index (χ0) is 21.6. The highest BCUT2D eigenvalue weighted by molar-refractivity contribution is 5.73. The van der Waals surface area contributed by atoms with Crippen LogP contribution in [0.25, 0.3) is 0 Å². The summed E-state index contributed by atoms with van der Waals surface area (Å²) in [6.45, 7) is 8.57. The van der Waals surface area contributed by atoms with Gasteiger partial charge >= 0.3 is 0 Å². The summed E-state index contributed by atoms with van der Waals surface area (Å²) >= 11 is 0. The predicted molar refractivity (Wildman–Crippen MR) is 128 cm³/mol. The van der Waals surface area contributed by atoms with E-state index in [4.69, 9.17) is 9.47 Å². The van der Waals surface area contributed by atoms with Crippen molar-refractivity contribution in [2.24, 2.45) is 0 Å². The molecule has 1 aromatic heterocycles. The Morgan fingerprint density at radius 3 is 2.47 bits per heavy atom. The van der Waals surface area contributed by atoms with E-state index in [2.05, 4.69) is 50.1 Å². The summed E-state index contributed by atoms with van der Waals surface area (Å²) in [6, 6.07) is 8.68. The molecule has 0 amide bonds. The molecule has 4 aliphatic rings. The van der Waals surface area contributed by atoms with E-state index >= 15 is 0 Å². The Kier molecular flexibility index (Phi) is 7.06. The number of rotatable bonds is 2. The van der Waals surface area contributed by atoms with Gasteiger partial charge in [-0.05, 0) is 81.5 Å². The van der Waals surface area contributed by atoms with Gasteiger partial charge in [0.1, 0.15) is 18.2 Å². The highest BCUT2D eigenvalue weighted by Crippen LogP contribution is 2.39. The van der Waals surface area contributed by atoms with Gasteiger partial charge in [-0.2, -0.15) is 0 Å². The number of nitrogens with zero attached hydrogens (tertiary/aromatic N) is 2. The highest BCUT2D eigenvalue weighted by atomic mass is 16.5. The van der Waals surface area contributed by atoms with Crippen molar-refractivity contribution in [3.63, 3.8) is 0 Å². The number of aromatic nitrogens is 1. The second-order valence-corrected chi connectivity index (χ2v) is 8.91. The van der Waals surface area contributed by atoms with E-state index in [1.807, 2.05) is 6.20 Å². The maximum Gasteiger partial charge on any atom is 0.143 e. The average Bonchev–Trinajstić information content (AvgIpc) is 3.39. The average molecular weight is 438 g/mol. The van der Waals surface area contributed by atoms with E-state index in [1.165, 1.54) is 50.0 Å². The molecule has 0 atom stereocenters. The van der Waals surface area contributed by atoms with Crippen LogP contribution in [-0.4, -0.2) is 57.5 Å². The molecule has 1 aromatic carbocycles. The van der Waals surface area contributed by atoms with E-state index in [1.54, 1.807) is 0 Å². The molecular formula is C25H35N5O2. The molecule has 0 saturated carbocycles. The van der Waals surface area contributed by atoms with Crippen molar-refractivity contribution < 1.29 is 9.47 Å². The number of piperidine rings is 1. The molecule has 5 heterocycles. The number of pyridine rings is 1. The Morgan fingerprint density at radius 1 is 0.938 bits per heavy atom. The van der Waals surface area contributed by atoms with Crippen molar-refractivity contribution in [1.82, 2.24) is 15.6 Å². The van der Waals surface area contributed by atoms with E-state index in [-0.39, 0.29) is 0 Å². The largest absolute Gasteiger partial charge is 0.487 e. The third kappa shape index (κ3) is 5.00. The van der Waals surface area contributed by atoms with Crippen molar-refractivity contribution in [2.45, 2.75) is 38.2 Å². The summed E-state index contributed by atoms with van der Waals surface area (Å²) in [5.74, 6) is 2.42. The first-order valence-electron chi connectivity index (χ1n) is 12.1. The van der Waals surface area contributed by atoms with Gasteiger partial charge in [-0.15, -0.1) is 0 Å². The SMILES string of the molecule is C1CCNC1.c1cc(N2CCOCC2)c2c(n1)Nc1cc(C3CCNCC3)ccc1OC2. The zero-order valence-electron chi connectivity index (χ0n) is 18.9. The van der Waals surface area contributed by atoms with Crippen LogP contribution in [0.15, 0.2) is 30.5 Å². The lowest BCUT2D eigenvalue weighted by molar-refractivity contribution is 0.122. The van der Waals surface area contributed by atoms with Crippen LogP contribution in [0.2, 0.25) is 0 Å². The van der Waals surface area contributed by atoms with Crippen LogP contribution in [-0.2, 0) is 11.3 Å². The Labute approximate surface area is 190 Å². The smallest absolute Gasteiger partial charge is 0.143 e. The summed E-state index contributed by atoms with van der Waals surface area (Å²) in [6.07, 6.45) is 7.05. The number of anilines is 3. The van der Waals surface area contributed by atoms with Crippen LogP contribution >= 0.6 is 0 Å². The quantitative estimate of drug-likeness (QED) is 0.665. The number of fused-ring (bicyclic) bond motifs is 2. The molecule has 3 saturated heterocycles. The number of hydrogen-bond acceptors (Lipinski definition) is 7. The van der Waals surface area contributed by atoms with Crippen LogP contribution < -0.4 is 25.6 Å². The van der Waals surface area contributed by atoms with Crippen LogP contribution in [0.1, 0.15) is 42.7 Å². The van der Waals surface area contributed by atoms with Gasteiger partial charge in [-0.1, -0.05) is 6.07 Å². The monoisotopic (exact) mass is 437 g/mol. The maximum atomic E-state index is 6.18. The first kappa shape index (κ1) is 21.5. The van der Waals surface area contributed by atoms with E-state index in [9.17, 15) is 0 Å². The molecule has 32 heavy (non-hydrogen) atoms. The summed E-state index contributed by atoms with van der Waals surface area (Å²) < 4.78 is 11.7. The summed E-state index contributed by atoms with van der Waals surface area (Å²) in [5.41, 5.74) is 4.73. The van der Waals surface area contributed by atoms with Gasteiger partial charge in [-0.3, -0.25) is 0 Å².